The molecule has 0 bridgehead atoms. The summed E-state index contributed by atoms with van der Waals surface area (Å²) < 4.78 is 6.26. The number of hydrogen-bond donors (Lipinski definition) is 8. The lowest BCUT2D eigenvalue weighted by molar-refractivity contribution is 0.267. The van der Waals surface area contributed by atoms with Crippen LogP contribution >= 0.6 is 0 Å². The summed E-state index contributed by atoms with van der Waals surface area (Å²) in [6.45, 7) is -0.890. The van der Waals surface area contributed by atoms with E-state index in [1.54, 1.807) is 18.2 Å². The van der Waals surface area contributed by atoms with Gasteiger partial charge in [-0.1, -0.05) is 109 Å². The van der Waals surface area contributed by atoms with Gasteiger partial charge in [-0.3, -0.25) is 0 Å². The van der Waals surface area contributed by atoms with E-state index in [2.05, 4.69) is 0 Å². The van der Waals surface area contributed by atoms with Crippen molar-refractivity contribution < 1.29 is 45.3 Å². The van der Waals surface area contributed by atoms with Crippen LogP contribution in [0.15, 0.2) is 138 Å². The first kappa shape index (κ1) is 34.6. The number of phenols is 7. The van der Waals surface area contributed by atoms with Crippen molar-refractivity contribution >= 4 is 54.3 Å². The second-order valence-electron chi connectivity index (χ2n) is 14.3. The molecule has 1 heterocycles. The largest absolute Gasteiger partial charge is 0.507 e. The molecule has 0 unspecified atom stereocenters. The molecular weight excluding hydrogens is 733 g/mol. The van der Waals surface area contributed by atoms with Gasteiger partial charge in [0.15, 0.2) is 23.0 Å². The van der Waals surface area contributed by atoms with Crippen LogP contribution in [-0.4, -0.2) is 40.9 Å². The van der Waals surface area contributed by atoms with E-state index in [1.807, 2.05) is 115 Å². The zero-order valence-electron chi connectivity index (χ0n) is 30.4. The molecule has 0 atom stereocenters. The topological polar surface area (TPSA) is 175 Å². The van der Waals surface area contributed by atoms with Gasteiger partial charge >= 0.3 is 0 Å². The lowest BCUT2D eigenvalue weighted by Gasteiger charge is -2.25. The van der Waals surface area contributed by atoms with E-state index in [9.17, 15) is 40.9 Å². The highest BCUT2D eigenvalue weighted by Crippen LogP contribution is 2.62. The molecule has 10 aromatic rings. The number of hydrogen-bond acceptors (Lipinski definition) is 9. The van der Waals surface area contributed by atoms with Crippen molar-refractivity contribution in [2.75, 3.05) is 0 Å². The third kappa shape index (κ3) is 4.87. The number of fused-ring (bicyclic) bond motifs is 6. The lowest BCUT2D eigenvalue weighted by atomic mass is 9.79. The molecule has 9 nitrogen and oxygen atoms in total. The van der Waals surface area contributed by atoms with Crippen molar-refractivity contribution in [1.29, 1.82) is 0 Å². The minimum atomic E-state index is -1.03. The molecule has 0 saturated heterocycles. The summed E-state index contributed by atoms with van der Waals surface area (Å²) in [6.07, 6.45) is 0. The molecule has 0 amide bonds. The highest BCUT2D eigenvalue weighted by molar-refractivity contribution is 6.30. The first-order valence-corrected chi connectivity index (χ1v) is 18.4. The van der Waals surface area contributed by atoms with Crippen molar-refractivity contribution in [1.82, 2.24) is 0 Å². The average molecular weight is 765 g/mol. The van der Waals surface area contributed by atoms with Crippen LogP contribution in [0.3, 0.4) is 0 Å². The Morgan fingerprint density at radius 1 is 0.362 bits per heavy atom. The fourth-order valence-corrected chi connectivity index (χ4v) is 8.53. The Balaban J connectivity index is 1.46. The number of benzene rings is 9. The van der Waals surface area contributed by atoms with Crippen molar-refractivity contribution in [3.05, 3.63) is 139 Å². The van der Waals surface area contributed by atoms with Crippen LogP contribution in [0, 0.1) is 0 Å². The standard InChI is InChI=1S/C49H32O9/c50-23-33-43(51)41-38(37-29(24-10-3-1-4-11-24)16-9-17-30(37)25-12-5-2-6-13-25)42-40(46(54)48(56)49(57)47(42)55)36(39(41)45(53)44(33)52)28-18-19-34-31(21-28)32-20-26-14-7-8-15-27(26)22-35(32)58-34/h1-22,50-57H,23H2. The molecule has 282 valence electrons. The van der Waals surface area contributed by atoms with Crippen LogP contribution in [0.4, 0.5) is 0 Å². The number of aliphatic hydroxyl groups is 1. The van der Waals surface area contributed by atoms with Crippen LogP contribution in [0.25, 0.3) is 98.8 Å². The summed E-state index contributed by atoms with van der Waals surface area (Å²) in [5.41, 5.74) is 4.10. The highest BCUT2D eigenvalue weighted by Gasteiger charge is 2.34. The second kappa shape index (κ2) is 12.8. The molecule has 0 radical (unpaired) electrons. The predicted octanol–water partition coefficient (Wildman–Crippen LogP) is 11.1. The zero-order valence-corrected chi connectivity index (χ0v) is 30.4. The van der Waals surface area contributed by atoms with E-state index < -0.39 is 52.4 Å². The van der Waals surface area contributed by atoms with E-state index in [4.69, 9.17) is 4.42 Å². The Morgan fingerprint density at radius 3 is 1.45 bits per heavy atom. The van der Waals surface area contributed by atoms with Gasteiger partial charge in [0, 0.05) is 43.4 Å². The molecule has 0 fully saturated rings. The molecule has 10 rings (SSSR count). The Labute approximate surface area is 329 Å². The summed E-state index contributed by atoms with van der Waals surface area (Å²) in [6, 6.07) is 41.0. The molecule has 0 aliphatic carbocycles. The number of phenolic OH excluding ortho intramolecular Hbond substituents is 5. The summed E-state index contributed by atoms with van der Waals surface area (Å²) in [5, 5.41) is 95.8. The fourth-order valence-electron chi connectivity index (χ4n) is 8.53. The second-order valence-corrected chi connectivity index (χ2v) is 14.3. The molecule has 8 N–H and O–H groups in total. The van der Waals surface area contributed by atoms with Crippen LogP contribution in [0.2, 0.25) is 0 Å². The highest BCUT2D eigenvalue weighted by atomic mass is 16.3. The molecule has 1 aromatic heterocycles. The van der Waals surface area contributed by atoms with E-state index in [-0.39, 0.29) is 32.7 Å². The van der Waals surface area contributed by atoms with Gasteiger partial charge in [0.1, 0.15) is 16.9 Å². The first-order chi connectivity index (χ1) is 28.2. The van der Waals surface area contributed by atoms with Gasteiger partial charge in [-0.2, -0.15) is 0 Å². The molecule has 0 aliphatic rings. The van der Waals surface area contributed by atoms with Crippen LogP contribution in [0.5, 0.6) is 40.2 Å². The third-order valence-corrected chi connectivity index (χ3v) is 11.2. The van der Waals surface area contributed by atoms with Gasteiger partial charge in [0.25, 0.3) is 0 Å². The van der Waals surface area contributed by atoms with Gasteiger partial charge in [-0.15, -0.1) is 0 Å². The molecule has 0 spiro atoms. The number of aliphatic hydroxyl groups excluding tert-OH is 1. The van der Waals surface area contributed by atoms with Gasteiger partial charge in [-0.25, -0.2) is 0 Å². The SMILES string of the molecule is OCc1c(O)c(O)c2c(-c3ccc4oc5cc6ccccc6cc5c4c3)c3c(O)c(O)c(O)c(O)c3c(-c3c(-c4ccccc4)cccc3-c3ccccc3)c2c1O. The number of aromatic hydroxyl groups is 7. The molecular formula is C49H32O9. The van der Waals surface area contributed by atoms with Gasteiger partial charge in [0.05, 0.1) is 12.2 Å². The van der Waals surface area contributed by atoms with E-state index in [0.29, 0.717) is 38.8 Å². The van der Waals surface area contributed by atoms with Gasteiger partial charge < -0.3 is 45.3 Å². The zero-order chi connectivity index (χ0) is 40.0. The van der Waals surface area contributed by atoms with Crippen molar-refractivity contribution in [3.8, 4) is 84.8 Å². The Kier molecular flexibility index (Phi) is 7.66. The lowest BCUT2D eigenvalue weighted by Crippen LogP contribution is -1.99. The summed E-state index contributed by atoms with van der Waals surface area (Å²) in [5.74, 6) is -5.91. The van der Waals surface area contributed by atoms with E-state index >= 15 is 0 Å². The summed E-state index contributed by atoms with van der Waals surface area (Å²) in [4.78, 5) is 0. The smallest absolute Gasteiger partial charge is 0.204 e. The van der Waals surface area contributed by atoms with E-state index in [1.165, 1.54) is 0 Å². The quantitative estimate of drug-likeness (QED) is 0.0482. The maximum absolute atomic E-state index is 12.3. The minimum absolute atomic E-state index is 0.0140. The summed E-state index contributed by atoms with van der Waals surface area (Å²) >= 11 is 0. The molecule has 9 aromatic carbocycles. The van der Waals surface area contributed by atoms with E-state index in [0.717, 1.165) is 27.3 Å². The van der Waals surface area contributed by atoms with Crippen molar-refractivity contribution in [2.24, 2.45) is 0 Å². The maximum atomic E-state index is 12.3. The molecule has 58 heavy (non-hydrogen) atoms. The predicted molar refractivity (Wildman–Crippen MR) is 226 cm³/mol. The molecule has 0 aliphatic heterocycles. The average Bonchev–Trinajstić information content (AvgIpc) is 3.62. The number of rotatable bonds is 5. The fraction of sp³-hybridized carbons (Fsp3) is 0.0204. The van der Waals surface area contributed by atoms with Crippen molar-refractivity contribution in [3.63, 3.8) is 0 Å². The van der Waals surface area contributed by atoms with Crippen LogP contribution in [0.1, 0.15) is 5.56 Å². The third-order valence-electron chi connectivity index (χ3n) is 11.2. The number of furan rings is 1. The maximum Gasteiger partial charge on any atom is 0.204 e. The Hall–Kier alpha value is -7.88. The van der Waals surface area contributed by atoms with Crippen molar-refractivity contribution in [2.45, 2.75) is 6.61 Å². The monoisotopic (exact) mass is 764 g/mol. The van der Waals surface area contributed by atoms with Gasteiger partial charge in [0.2, 0.25) is 11.5 Å². The van der Waals surface area contributed by atoms with Crippen LogP contribution < -0.4 is 0 Å². The van der Waals surface area contributed by atoms with Crippen LogP contribution in [-0.2, 0) is 6.61 Å². The van der Waals surface area contributed by atoms with Gasteiger partial charge in [-0.05, 0) is 68.4 Å². The molecule has 9 heteroatoms. The Bertz CT molecular complexity index is 3280. The molecule has 0 saturated carbocycles. The normalized spacial score (nSPS) is 11.7. The first-order valence-electron chi connectivity index (χ1n) is 18.4. The minimum Gasteiger partial charge on any atom is -0.507 e. The Morgan fingerprint density at radius 2 is 0.862 bits per heavy atom. The summed E-state index contributed by atoms with van der Waals surface area (Å²) in [7, 11) is 0.